The second-order valence-corrected chi connectivity index (χ2v) is 10.9. The zero-order valence-electron chi connectivity index (χ0n) is 24.6. The van der Waals surface area contributed by atoms with Crippen molar-refractivity contribution in [2.45, 2.75) is 64.0 Å². The fourth-order valence-electron chi connectivity index (χ4n) is 5.88. The summed E-state index contributed by atoms with van der Waals surface area (Å²) in [4.78, 5) is 41.4. The minimum atomic E-state index is -0.325. The first kappa shape index (κ1) is 29.2. The maximum absolute atomic E-state index is 13.8. The summed E-state index contributed by atoms with van der Waals surface area (Å²) in [5, 5.41) is 14.3. The summed E-state index contributed by atoms with van der Waals surface area (Å²) in [6.45, 7) is 2.67. The highest BCUT2D eigenvalue weighted by molar-refractivity contribution is 5.94. The zero-order chi connectivity index (χ0) is 29.8. The Hall–Kier alpha value is -4.35. The van der Waals surface area contributed by atoms with Gasteiger partial charge in [0.15, 0.2) is 23.0 Å². The summed E-state index contributed by atoms with van der Waals surface area (Å²) in [5.41, 5.74) is 3.73. The normalized spacial score (nSPS) is 20.0. The van der Waals surface area contributed by atoms with Gasteiger partial charge in [0.1, 0.15) is 0 Å². The van der Waals surface area contributed by atoms with E-state index in [4.69, 9.17) is 14.0 Å². The van der Waals surface area contributed by atoms with E-state index in [-0.39, 0.29) is 54.9 Å². The van der Waals surface area contributed by atoms with Crippen molar-refractivity contribution in [2.24, 2.45) is 7.05 Å². The molecule has 224 valence electrons. The predicted octanol–water partition coefficient (Wildman–Crippen LogP) is 2.58. The molecule has 4 bridgehead atoms. The van der Waals surface area contributed by atoms with Crippen molar-refractivity contribution in [1.82, 2.24) is 30.5 Å². The number of methoxy groups -OCH3 is 2. The molecule has 3 aromatic rings. The number of aryl methyl sites for hydroxylation is 3. The summed E-state index contributed by atoms with van der Waals surface area (Å²) in [7, 11) is 5.03. The van der Waals surface area contributed by atoms with Crippen molar-refractivity contribution >= 4 is 17.7 Å². The first-order chi connectivity index (χ1) is 20.3. The molecule has 2 aromatic heterocycles. The van der Waals surface area contributed by atoms with Crippen LogP contribution in [0, 0.1) is 6.92 Å². The van der Waals surface area contributed by atoms with Gasteiger partial charge in [0, 0.05) is 56.8 Å². The molecule has 2 aliphatic heterocycles. The number of hydrogen-bond acceptors (Lipinski definition) is 8. The van der Waals surface area contributed by atoms with Crippen LogP contribution in [-0.2, 0) is 29.5 Å². The number of carbonyl (C=O) groups excluding carboxylic acids is 3. The van der Waals surface area contributed by atoms with Gasteiger partial charge in [0.25, 0.3) is 5.91 Å². The Labute approximate surface area is 244 Å². The average Bonchev–Trinajstić information content (AvgIpc) is 3.71. The average molecular weight is 579 g/mol. The lowest BCUT2D eigenvalue weighted by Gasteiger charge is -2.29. The van der Waals surface area contributed by atoms with E-state index in [0.29, 0.717) is 55.9 Å². The van der Waals surface area contributed by atoms with E-state index >= 15 is 0 Å². The molecular formula is C30H38N6O6. The Kier molecular flexibility index (Phi) is 8.79. The van der Waals surface area contributed by atoms with E-state index in [1.165, 1.54) is 0 Å². The topological polar surface area (TPSA) is 141 Å². The third-order valence-electron chi connectivity index (χ3n) is 8.24. The summed E-state index contributed by atoms with van der Waals surface area (Å²) < 4.78 is 18.4. The number of benzene rings is 1. The number of hydrogen-bond donors (Lipinski definition) is 2. The Morgan fingerprint density at radius 1 is 1.02 bits per heavy atom. The van der Waals surface area contributed by atoms with E-state index < -0.39 is 0 Å². The largest absolute Gasteiger partial charge is 0.493 e. The SMILES string of the molecule is COc1cc2cc(c1OC)CCCNC(=O)C[C@@H]1CC[C@H](CNC(=O)CC2)N1C(=O)c1cc(-c2cnn(C)c2C)on1. The molecule has 1 fully saturated rings. The third kappa shape index (κ3) is 6.12. The summed E-state index contributed by atoms with van der Waals surface area (Å²) >= 11 is 0. The number of amides is 3. The molecule has 0 saturated carbocycles. The van der Waals surface area contributed by atoms with Crippen molar-refractivity contribution in [3.63, 3.8) is 0 Å². The zero-order valence-corrected chi connectivity index (χ0v) is 24.6. The molecule has 4 heterocycles. The monoisotopic (exact) mass is 578 g/mol. The second kappa shape index (κ2) is 12.7. The molecule has 12 heteroatoms. The van der Waals surface area contributed by atoms with Crippen LogP contribution >= 0.6 is 0 Å². The molecule has 12 nitrogen and oxygen atoms in total. The molecule has 1 aromatic carbocycles. The quantitative estimate of drug-likeness (QED) is 0.481. The first-order valence-corrected chi connectivity index (χ1v) is 14.3. The van der Waals surface area contributed by atoms with Crippen LogP contribution in [0.1, 0.15) is 59.4 Å². The van der Waals surface area contributed by atoms with Crippen LogP contribution in [0.2, 0.25) is 0 Å². The van der Waals surface area contributed by atoms with Crippen LogP contribution in [0.4, 0.5) is 0 Å². The molecule has 2 N–H and O–H groups in total. The van der Waals surface area contributed by atoms with Crippen LogP contribution in [-0.4, -0.2) is 77.0 Å². The van der Waals surface area contributed by atoms with E-state index in [1.54, 1.807) is 36.1 Å². The molecule has 3 amide bonds. The van der Waals surface area contributed by atoms with Gasteiger partial charge in [-0.3, -0.25) is 19.1 Å². The van der Waals surface area contributed by atoms with Crippen LogP contribution in [0.15, 0.2) is 28.9 Å². The first-order valence-electron chi connectivity index (χ1n) is 14.3. The second-order valence-electron chi connectivity index (χ2n) is 10.9. The number of rotatable bonds is 4. The summed E-state index contributed by atoms with van der Waals surface area (Å²) in [5.74, 6) is 1.17. The van der Waals surface area contributed by atoms with Crippen molar-refractivity contribution < 1.29 is 28.4 Å². The maximum atomic E-state index is 13.8. The van der Waals surface area contributed by atoms with Gasteiger partial charge in [-0.15, -0.1) is 0 Å². The van der Waals surface area contributed by atoms with Crippen LogP contribution < -0.4 is 20.1 Å². The molecule has 0 radical (unpaired) electrons. The summed E-state index contributed by atoms with van der Waals surface area (Å²) in [6.07, 6.45) is 5.32. The van der Waals surface area contributed by atoms with Gasteiger partial charge >= 0.3 is 0 Å². The van der Waals surface area contributed by atoms with Gasteiger partial charge in [-0.1, -0.05) is 11.2 Å². The molecule has 42 heavy (non-hydrogen) atoms. The number of carbonyl (C=O) groups is 3. The van der Waals surface area contributed by atoms with Gasteiger partial charge in [0.2, 0.25) is 11.8 Å². The van der Waals surface area contributed by atoms with Gasteiger partial charge < -0.3 is 29.5 Å². The lowest BCUT2D eigenvalue weighted by atomic mass is 10.0. The van der Waals surface area contributed by atoms with Gasteiger partial charge in [0.05, 0.1) is 26.0 Å². The molecule has 0 aliphatic carbocycles. The van der Waals surface area contributed by atoms with E-state index in [2.05, 4.69) is 20.9 Å². The van der Waals surface area contributed by atoms with E-state index in [1.807, 2.05) is 26.1 Å². The summed E-state index contributed by atoms with van der Waals surface area (Å²) in [6, 6.07) is 4.95. The number of ether oxygens (including phenoxy) is 2. The van der Waals surface area contributed by atoms with Crippen LogP contribution in [0.5, 0.6) is 11.5 Å². The van der Waals surface area contributed by atoms with Crippen molar-refractivity contribution in [2.75, 3.05) is 27.3 Å². The maximum Gasteiger partial charge on any atom is 0.276 e. The smallest absolute Gasteiger partial charge is 0.276 e. The number of aromatic nitrogens is 3. The minimum Gasteiger partial charge on any atom is -0.493 e. The third-order valence-corrected chi connectivity index (χ3v) is 8.24. The molecule has 2 aliphatic rings. The van der Waals surface area contributed by atoms with Crippen molar-refractivity contribution in [3.8, 4) is 22.8 Å². The van der Waals surface area contributed by atoms with Crippen LogP contribution in [0.25, 0.3) is 11.3 Å². The van der Waals surface area contributed by atoms with Gasteiger partial charge in [-0.2, -0.15) is 5.10 Å². The van der Waals surface area contributed by atoms with Crippen LogP contribution in [0.3, 0.4) is 0 Å². The number of fused-ring (bicyclic) bond motifs is 4. The molecule has 0 unspecified atom stereocenters. The highest BCUT2D eigenvalue weighted by Crippen LogP contribution is 2.34. The number of nitrogens with one attached hydrogen (secondary N) is 2. The van der Waals surface area contributed by atoms with E-state index in [9.17, 15) is 14.4 Å². The van der Waals surface area contributed by atoms with E-state index in [0.717, 1.165) is 22.4 Å². The Balaban J connectivity index is 1.36. The Morgan fingerprint density at radius 3 is 2.57 bits per heavy atom. The molecule has 2 atom stereocenters. The molecule has 5 rings (SSSR count). The highest BCUT2D eigenvalue weighted by atomic mass is 16.5. The predicted molar refractivity (Wildman–Crippen MR) is 153 cm³/mol. The lowest BCUT2D eigenvalue weighted by molar-refractivity contribution is -0.123. The minimum absolute atomic E-state index is 0.111. The fourth-order valence-corrected chi connectivity index (χ4v) is 5.88. The fraction of sp³-hybridized carbons (Fsp3) is 0.500. The van der Waals surface area contributed by atoms with Gasteiger partial charge in [-0.05, 0) is 56.2 Å². The Morgan fingerprint density at radius 2 is 1.83 bits per heavy atom. The Bertz CT molecular complexity index is 1460. The number of nitrogens with zero attached hydrogens (tertiary/aromatic N) is 4. The highest BCUT2D eigenvalue weighted by Gasteiger charge is 2.39. The van der Waals surface area contributed by atoms with Crippen molar-refractivity contribution in [1.29, 1.82) is 0 Å². The lowest BCUT2D eigenvalue weighted by Crippen LogP contribution is -2.48. The van der Waals surface area contributed by atoms with Crippen molar-refractivity contribution in [3.05, 3.63) is 46.9 Å². The molecule has 1 saturated heterocycles. The standard InChI is InChI=1S/C30H38N6O6/c1-18-23(17-33-35(18)2)25-15-24(34-42-25)30(39)36-21-8-9-22(36)16-32-27(37)10-7-19-12-20(6-5-11-31-28(38)14-21)29(41-4)26(13-19)40-3/h12-13,15,17,21-22H,5-11,14,16H2,1-4H3,(H,31,38)(H,32,37)/t21-,22+/m0/s1. The van der Waals surface area contributed by atoms with Gasteiger partial charge in [-0.25, -0.2) is 0 Å². The molecular weight excluding hydrogens is 540 g/mol. The molecule has 0 spiro atoms.